The summed E-state index contributed by atoms with van der Waals surface area (Å²) in [6.07, 6.45) is -2.99. The number of anilines is 1. The van der Waals surface area contributed by atoms with Crippen LogP contribution in [0, 0.1) is 0 Å². The lowest BCUT2D eigenvalue weighted by atomic mass is 10.2. The number of hydrogen-bond donors (Lipinski definition) is 1. The highest BCUT2D eigenvalue weighted by Crippen LogP contribution is 2.31. The molecule has 2 aromatic heterocycles. The van der Waals surface area contributed by atoms with Crippen molar-refractivity contribution in [2.45, 2.75) is 11.3 Å². The lowest BCUT2D eigenvalue weighted by molar-refractivity contribution is -0.137. The summed E-state index contributed by atoms with van der Waals surface area (Å²) in [6.45, 7) is 0. The van der Waals surface area contributed by atoms with Gasteiger partial charge in [-0.25, -0.2) is 0 Å². The minimum Gasteiger partial charge on any atom is -0.461 e. The molecule has 0 bridgehead atoms. The normalized spacial score (nSPS) is 11.5. The lowest BCUT2D eigenvalue weighted by Crippen LogP contribution is -2.15. The van der Waals surface area contributed by atoms with Gasteiger partial charge in [0.25, 0.3) is 0 Å². The van der Waals surface area contributed by atoms with Gasteiger partial charge in [0.15, 0.2) is 10.9 Å². The second-order valence-electron chi connectivity index (χ2n) is 6.51. The maximum atomic E-state index is 12.9. The summed E-state index contributed by atoms with van der Waals surface area (Å²) < 4.78 is 45.8. The summed E-state index contributed by atoms with van der Waals surface area (Å²) in [5.41, 5.74) is -0.0824. The van der Waals surface area contributed by atoms with Crippen molar-refractivity contribution in [1.29, 1.82) is 0 Å². The van der Waals surface area contributed by atoms with E-state index in [-0.39, 0.29) is 11.4 Å². The first-order valence-electron chi connectivity index (χ1n) is 9.16. The molecule has 4 rings (SSSR count). The molecule has 0 radical (unpaired) electrons. The van der Waals surface area contributed by atoms with Crippen LogP contribution >= 0.6 is 23.4 Å². The van der Waals surface area contributed by atoms with Crippen LogP contribution in [0.25, 0.3) is 17.3 Å². The smallest absolute Gasteiger partial charge is 0.416 e. The molecular weight excluding hydrogens is 465 g/mol. The number of alkyl halides is 3. The minimum atomic E-state index is -4.49. The molecule has 2 heterocycles. The summed E-state index contributed by atoms with van der Waals surface area (Å²) in [6, 6.07) is 14.8. The number of nitrogens with zero attached hydrogens (tertiary/aromatic N) is 3. The molecule has 1 amide bonds. The molecule has 0 atom stereocenters. The number of carbonyl (C=O) groups excluding carboxylic acids is 1. The van der Waals surface area contributed by atoms with Gasteiger partial charge in [0.05, 0.1) is 17.6 Å². The van der Waals surface area contributed by atoms with Gasteiger partial charge in [0.1, 0.15) is 0 Å². The van der Waals surface area contributed by atoms with E-state index >= 15 is 0 Å². The van der Waals surface area contributed by atoms with Crippen molar-refractivity contribution in [3.05, 3.63) is 77.5 Å². The van der Waals surface area contributed by atoms with E-state index in [9.17, 15) is 18.0 Å². The number of furan rings is 1. The fraction of sp³-hybridized carbons (Fsp3) is 0.0952. The van der Waals surface area contributed by atoms with E-state index in [2.05, 4.69) is 15.5 Å². The van der Waals surface area contributed by atoms with Gasteiger partial charge < -0.3 is 9.73 Å². The number of rotatable bonds is 6. The van der Waals surface area contributed by atoms with Crippen molar-refractivity contribution >= 4 is 35.0 Å². The second-order valence-corrected chi connectivity index (χ2v) is 7.89. The Labute approximate surface area is 189 Å². The molecule has 1 N–H and O–H groups in total. The zero-order valence-corrected chi connectivity index (χ0v) is 17.7. The summed E-state index contributed by atoms with van der Waals surface area (Å²) in [4.78, 5) is 12.4. The molecule has 2 aromatic carbocycles. The number of benzene rings is 2. The topological polar surface area (TPSA) is 73.0 Å². The van der Waals surface area contributed by atoms with Crippen LogP contribution in [0.4, 0.5) is 18.9 Å². The summed E-state index contributed by atoms with van der Waals surface area (Å²) in [7, 11) is 0. The summed E-state index contributed by atoms with van der Waals surface area (Å²) in [5, 5.41) is 11.7. The molecule has 164 valence electrons. The molecule has 0 aliphatic rings. The van der Waals surface area contributed by atoms with E-state index in [4.69, 9.17) is 16.0 Å². The maximum absolute atomic E-state index is 12.9. The van der Waals surface area contributed by atoms with Gasteiger partial charge in [0, 0.05) is 16.4 Å². The predicted octanol–water partition coefficient (Wildman–Crippen LogP) is 5.93. The fourth-order valence-corrected chi connectivity index (χ4v) is 3.73. The number of nitrogens with one attached hydrogen (secondary N) is 1. The van der Waals surface area contributed by atoms with Crippen LogP contribution < -0.4 is 5.32 Å². The summed E-state index contributed by atoms with van der Waals surface area (Å²) >= 11 is 7.07. The molecule has 0 saturated heterocycles. The molecule has 0 saturated carbocycles. The van der Waals surface area contributed by atoms with Crippen LogP contribution in [0.2, 0.25) is 5.02 Å². The molecule has 0 aliphatic heterocycles. The average Bonchev–Trinajstić information content (AvgIpc) is 3.42. The third-order valence-corrected chi connectivity index (χ3v) is 5.45. The van der Waals surface area contributed by atoms with Crippen molar-refractivity contribution in [3.8, 4) is 17.3 Å². The van der Waals surface area contributed by atoms with Crippen LogP contribution in [-0.4, -0.2) is 26.4 Å². The van der Waals surface area contributed by atoms with E-state index < -0.39 is 17.6 Å². The fourth-order valence-electron chi connectivity index (χ4n) is 2.85. The molecule has 6 nitrogen and oxygen atoms in total. The average molecular weight is 479 g/mol. The van der Waals surface area contributed by atoms with E-state index in [1.54, 1.807) is 41.0 Å². The standard InChI is InChI=1S/C21H14ClF3N4O2S/c22-14-6-8-16(9-7-14)29-19(17-5-2-10-31-17)27-28-20(29)32-12-18(30)26-15-4-1-3-13(11-15)21(23,24)25/h1-11H,12H2,(H,26,30). The Kier molecular flexibility index (Phi) is 6.24. The SMILES string of the molecule is O=C(CSc1nnc(-c2ccco2)n1-c1ccc(Cl)cc1)Nc1cccc(C(F)(F)F)c1. The highest BCUT2D eigenvalue weighted by molar-refractivity contribution is 7.99. The van der Waals surface area contributed by atoms with Crippen LogP contribution in [0.5, 0.6) is 0 Å². The number of carbonyl (C=O) groups is 1. The van der Waals surface area contributed by atoms with Gasteiger partial charge in [-0.15, -0.1) is 10.2 Å². The van der Waals surface area contributed by atoms with Gasteiger partial charge in [0.2, 0.25) is 11.7 Å². The monoisotopic (exact) mass is 478 g/mol. The highest BCUT2D eigenvalue weighted by atomic mass is 35.5. The molecule has 0 unspecified atom stereocenters. The summed E-state index contributed by atoms with van der Waals surface area (Å²) in [5.74, 6) is 0.325. The van der Waals surface area contributed by atoms with Gasteiger partial charge >= 0.3 is 6.18 Å². The molecule has 32 heavy (non-hydrogen) atoms. The molecular formula is C21H14ClF3N4O2S. The molecule has 4 aromatic rings. The van der Waals surface area contributed by atoms with Crippen LogP contribution in [-0.2, 0) is 11.0 Å². The van der Waals surface area contributed by atoms with Gasteiger partial charge in [-0.3, -0.25) is 9.36 Å². The first-order chi connectivity index (χ1) is 15.3. The number of hydrogen-bond acceptors (Lipinski definition) is 5. The third kappa shape index (κ3) is 4.97. The number of thioether (sulfide) groups is 1. The number of halogens is 4. The van der Waals surface area contributed by atoms with Crippen molar-refractivity contribution < 1.29 is 22.4 Å². The highest BCUT2D eigenvalue weighted by Gasteiger charge is 2.30. The van der Waals surface area contributed by atoms with Crippen molar-refractivity contribution in [1.82, 2.24) is 14.8 Å². The minimum absolute atomic E-state index is 0.0564. The van der Waals surface area contributed by atoms with E-state index in [0.717, 1.165) is 23.9 Å². The lowest BCUT2D eigenvalue weighted by Gasteiger charge is -2.11. The second kappa shape index (κ2) is 9.09. The van der Waals surface area contributed by atoms with E-state index in [1.165, 1.54) is 18.4 Å². The van der Waals surface area contributed by atoms with Gasteiger partial charge in [-0.2, -0.15) is 13.2 Å². The zero-order chi connectivity index (χ0) is 22.7. The Morgan fingerprint density at radius 2 is 1.88 bits per heavy atom. The van der Waals surface area contributed by atoms with Crippen LogP contribution in [0.15, 0.2) is 76.5 Å². The molecule has 0 spiro atoms. The number of amides is 1. The van der Waals surface area contributed by atoms with Gasteiger partial charge in [-0.05, 0) is 54.6 Å². The Morgan fingerprint density at radius 3 is 2.56 bits per heavy atom. The van der Waals surface area contributed by atoms with Crippen molar-refractivity contribution in [3.63, 3.8) is 0 Å². The Bertz CT molecular complexity index is 1220. The number of aromatic nitrogens is 3. The van der Waals surface area contributed by atoms with Crippen LogP contribution in [0.1, 0.15) is 5.56 Å². The van der Waals surface area contributed by atoms with E-state index in [1.807, 2.05) is 0 Å². The molecule has 0 aliphatic carbocycles. The van der Waals surface area contributed by atoms with E-state index in [0.29, 0.717) is 27.5 Å². The Morgan fingerprint density at radius 1 is 1.09 bits per heavy atom. The molecule has 11 heteroatoms. The third-order valence-electron chi connectivity index (χ3n) is 4.27. The largest absolute Gasteiger partial charge is 0.461 e. The van der Waals surface area contributed by atoms with Crippen molar-refractivity contribution in [2.24, 2.45) is 0 Å². The Hall–Kier alpha value is -3.24. The first-order valence-corrected chi connectivity index (χ1v) is 10.5. The van der Waals surface area contributed by atoms with Gasteiger partial charge in [-0.1, -0.05) is 29.4 Å². The van der Waals surface area contributed by atoms with Crippen LogP contribution in [0.3, 0.4) is 0 Å². The molecule has 0 fully saturated rings. The Balaban J connectivity index is 1.53. The first kappa shape index (κ1) is 22.0. The zero-order valence-electron chi connectivity index (χ0n) is 16.1. The predicted molar refractivity (Wildman–Crippen MR) is 115 cm³/mol. The quantitative estimate of drug-likeness (QED) is 0.348. The van der Waals surface area contributed by atoms with Crippen molar-refractivity contribution in [2.75, 3.05) is 11.1 Å². The maximum Gasteiger partial charge on any atom is 0.416 e.